The van der Waals surface area contributed by atoms with Crippen molar-refractivity contribution >= 4 is 28.6 Å². The first-order valence-corrected chi connectivity index (χ1v) is 8.13. The second kappa shape index (κ2) is 5.99. The number of nitrogens with zero attached hydrogens (tertiary/aromatic N) is 6. The molecule has 1 saturated heterocycles. The summed E-state index contributed by atoms with van der Waals surface area (Å²) in [6.07, 6.45) is 5.48. The Balaban J connectivity index is 1.65. The Morgan fingerprint density at radius 3 is 2.96 bits per heavy atom. The summed E-state index contributed by atoms with van der Waals surface area (Å²) in [5.41, 5.74) is 3.08. The number of ether oxygens (including phenoxy) is 1. The van der Waals surface area contributed by atoms with Crippen molar-refractivity contribution in [3.05, 3.63) is 40.9 Å². The smallest absolute Gasteiger partial charge is 0.181 e. The van der Waals surface area contributed by atoms with Gasteiger partial charge in [0, 0.05) is 38.0 Å². The zero-order valence-corrected chi connectivity index (χ0v) is 14.2. The number of morpholine rings is 1. The Morgan fingerprint density at radius 1 is 1.29 bits per heavy atom. The van der Waals surface area contributed by atoms with Crippen LogP contribution in [-0.4, -0.2) is 44.4 Å². The molecule has 1 fully saturated rings. The van der Waals surface area contributed by atoms with E-state index in [4.69, 9.17) is 16.3 Å². The molecular weight excluding hydrogens is 328 g/mol. The van der Waals surface area contributed by atoms with E-state index in [2.05, 4.69) is 25.0 Å². The first-order chi connectivity index (χ1) is 11.6. The van der Waals surface area contributed by atoms with E-state index < -0.39 is 0 Å². The fraction of sp³-hybridized carbons (Fsp3) is 0.375. The molecule has 0 aliphatic carbocycles. The molecule has 0 saturated carbocycles. The Bertz CT molecular complexity index is 895. The van der Waals surface area contributed by atoms with E-state index in [1.54, 1.807) is 10.9 Å². The molecular formula is C16H17ClN6O. The molecule has 1 atom stereocenters. The van der Waals surface area contributed by atoms with Crippen molar-refractivity contribution in [2.75, 3.05) is 24.6 Å². The number of pyridine rings is 1. The molecule has 0 unspecified atom stereocenters. The third-order valence-corrected chi connectivity index (χ3v) is 4.35. The van der Waals surface area contributed by atoms with Crippen LogP contribution in [0.25, 0.3) is 11.2 Å². The molecule has 0 N–H and O–H groups in total. The highest BCUT2D eigenvalue weighted by atomic mass is 35.5. The van der Waals surface area contributed by atoms with Crippen molar-refractivity contribution in [1.29, 1.82) is 0 Å². The van der Waals surface area contributed by atoms with Crippen LogP contribution in [0.2, 0.25) is 5.02 Å². The van der Waals surface area contributed by atoms with Gasteiger partial charge in [-0.2, -0.15) is 5.10 Å². The lowest BCUT2D eigenvalue weighted by atomic mass is 10.1. The molecule has 0 spiro atoms. The van der Waals surface area contributed by atoms with Crippen LogP contribution in [0.4, 0.5) is 5.82 Å². The molecule has 3 aromatic heterocycles. The maximum atomic E-state index is 6.40. The zero-order valence-electron chi connectivity index (χ0n) is 13.5. The SMILES string of the molecule is Cc1cnc2nc(N3CCO[C@@H](c4cnn(C)c4)C3)cc(Cl)c2n1. The standard InChI is InChI=1S/C16H17ClN6O/c1-10-6-18-16-15(20-10)12(17)5-14(21-16)23-3-4-24-13(9-23)11-7-19-22(2)8-11/h5-8,13H,3-4,9H2,1-2H3/t13-/m1/s1. The third-order valence-electron chi connectivity index (χ3n) is 4.06. The molecule has 24 heavy (non-hydrogen) atoms. The summed E-state index contributed by atoms with van der Waals surface area (Å²) in [6.45, 7) is 3.96. The second-order valence-electron chi connectivity index (χ2n) is 5.90. The third kappa shape index (κ3) is 2.81. The zero-order chi connectivity index (χ0) is 16.7. The molecule has 3 aromatic rings. The highest BCUT2D eigenvalue weighted by molar-refractivity contribution is 6.35. The lowest BCUT2D eigenvalue weighted by Gasteiger charge is -2.33. The monoisotopic (exact) mass is 344 g/mol. The Labute approximate surface area is 144 Å². The summed E-state index contributed by atoms with van der Waals surface area (Å²) in [4.78, 5) is 15.6. The number of fused-ring (bicyclic) bond motifs is 1. The molecule has 7 nitrogen and oxygen atoms in total. The summed E-state index contributed by atoms with van der Waals surface area (Å²) in [6, 6.07) is 1.85. The highest BCUT2D eigenvalue weighted by Crippen LogP contribution is 2.28. The van der Waals surface area contributed by atoms with Crippen LogP contribution < -0.4 is 4.90 Å². The summed E-state index contributed by atoms with van der Waals surface area (Å²) < 4.78 is 7.66. The van der Waals surface area contributed by atoms with Crippen molar-refractivity contribution in [1.82, 2.24) is 24.7 Å². The number of anilines is 1. The van der Waals surface area contributed by atoms with E-state index in [1.807, 2.05) is 32.4 Å². The van der Waals surface area contributed by atoms with E-state index >= 15 is 0 Å². The Morgan fingerprint density at radius 2 is 2.17 bits per heavy atom. The van der Waals surface area contributed by atoms with E-state index in [-0.39, 0.29) is 6.10 Å². The van der Waals surface area contributed by atoms with Gasteiger partial charge in [0.15, 0.2) is 5.65 Å². The van der Waals surface area contributed by atoms with Gasteiger partial charge in [-0.3, -0.25) is 4.68 Å². The van der Waals surface area contributed by atoms with Gasteiger partial charge in [0.1, 0.15) is 17.4 Å². The van der Waals surface area contributed by atoms with Crippen LogP contribution in [0.1, 0.15) is 17.4 Å². The van der Waals surface area contributed by atoms with Gasteiger partial charge in [0.2, 0.25) is 0 Å². The lowest BCUT2D eigenvalue weighted by molar-refractivity contribution is 0.0395. The predicted molar refractivity (Wildman–Crippen MR) is 91.2 cm³/mol. The van der Waals surface area contributed by atoms with Gasteiger partial charge < -0.3 is 9.64 Å². The minimum absolute atomic E-state index is 0.0344. The van der Waals surface area contributed by atoms with Crippen LogP contribution in [0.5, 0.6) is 0 Å². The fourth-order valence-electron chi connectivity index (χ4n) is 2.86. The molecule has 0 bridgehead atoms. The minimum Gasteiger partial charge on any atom is -0.370 e. The van der Waals surface area contributed by atoms with Gasteiger partial charge in [0.25, 0.3) is 0 Å². The van der Waals surface area contributed by atoms with Gasteiger partial charge >= 0.3 is 0 Å². The number of aromatic nitrogens is 5. The summed E-state index contributed by atoms with van der Waals surface area (Å²) >= 11 is 6.40. The van der Waals surface area contributed by atoms with Crippen LogP contribution in [0.3, 0.4) is 0 Å². The molecule has 124 valence electrons. The van der Waals surface area contributed by atoms with Gasteiger partial charge in [-0.15, -0.1) is 0 Å². The normalized spacial score (nSPS) is 18.3. The van der Waals surface area contributed by atoms with Crippen molar-refractivity contribution < 1.29 is 4.74 Å². The number of halogens is 1. The lowest BCUT2D eigenvalue weighted by Crippen LogP contribution is -2.38. The Hall–Kier alpha value is -2.25. The van der Waals surface area contributed by atoms with Crippen molar-refractivity contribution in [3.8, 4) is 0 Å². The summed E-state index contributed by atoms with van der Waals surface area (Å²) in [5.74, 6) is 0.794. The highest BCUT2D eigenvalue weighted by Gasteiger charge is 2.24. The van der Waals surface area contributed by atoms with Crippen LogP contribution in [-0.2, 0) is 11.8 Å². The Kier molecular flexibility index (Phi) is 3.82. The largest absolute Gasteiger partial charge is 0.370 e. The van der Waals surface area contributed by atoms with Gasteiger partial charge in [-0.05, 0) is 6.92 Å². The molecule has 4 heterocycles. The van der Waals surface area contributed by atoms with Gasteiger partial charge in [0.05, 0.1) is 29.7 Å². The number of rotatable bonds is 2. The molecule has 0 aromatic carbocycles. The average molecular weight is 345 g/mol. The maximum Gasteiger partial charge on any atom is 0.181 e. The van der Waals surface area contributed by atoms with Gasteiger partial charge in [-0.1, -0.05) is 11.6 Å². The number of aryl methyl sites for hydroxylation is 2. The predicted octanol–water partition coefficient (Wildman–Crippen LogP) is 2.30. The summed E-state index contributed by atoms with van der Waals surface area (Å²) in [5, 5.41) is 4.78. The topological polar surface area (TPSA) is 69.0 Å². The fourth-order valence-corrected chi connectivity index (χ4v) is 3.09. The molecule has 0 radical (unpaired) electrons. The van der Waals surface area contributed by atoms with Crippen LogP contribution in [0, 0.1) is 6.92 Å². The van der Waals surface area contributed by atoms with Crippen molar-refractivity contribution in [2.45, 2.75) is 13.0 Å². The molecule has 8 heteroatoms. The first kappa shape index (κ1) is 15.3. The van der Waals surface area contributed by atoms with E-state index in [1.165, 1.54) is 0 Å². The van der Waals surface area contributed by atoms with E-state index in [0.29, 0.717) is 29.3 Å². The summed E-state index contributed by atoms with van der Waals surface area (Å²) in [7, 11) is 1.90. The maximum absolute atomic E-state index is 6.40. The van der Waals surface area contributed by atoms with Crippen LogP contribution in [0.15, 0.2) is 24.7 Å². The van der Waals surface area contributed by atoms with Crippen molar-refractivity contribution in [2.24, 2.45) is 7.05 Å². The molecule has 0 amide bonds. The second-order valence-corrected chi connectivity index (χ2v) is 6.31. The number of hydrogen-bond donors (Lipinski definition) is 0. The average Bonchev–Trinajstić information content (AvgIpc) is 3.02. The molecule has 4 rings (SSSR count). The van der Waals surface area contributed by atoms with E-state index in [9.17, 15) is 0 Å². The van der Waals surface area contributed by atoms with Crippen molar-refractivity contribution in [3.63, 3.8) is 0 Å². The van der Waals surface area contributed by atoms with Gasteiger partial charge in [-0.25, -0.2) is 15.0 Å². The molecule has 1 aliphatic heterocycles. The van der Waals surface area contributed by atoms with E-state index in [0.717, 1.165) is 23.6 Å². The van der Waals surface area contributed by atoms with Crippen LogP contribution >= 0.6 is 11.6 Å². The number of hydrogen-bond acceptors (Lipinski definition) is 6. The quantitative estimate of drug-likeness (QED) is 0.710. The molecule has 1 aliphatic rings. The first-order valence-electron chi connectivity index (χ1n) is 7.75. The minimum atomic E-state index is -0.0344.